The van der Waals surface area contributed by atoms with Gasteiger partial charge in [-0.2, -0.15) is 0 Å². The molecule has 0 fully saturated rings. The van der Waals surface area contributed by atoms with Crippen molar-refractivity contribution in [3.63, 3.8) is 0 Å². The van der Waals surface area contributed by atoms with Crippen LogP contribution in [0.2, 0.25) is 0 Å². The Kier molecular flexibility index (Phi) is 3.94. The van der Waals surface area contributed by atoms with Gasteiger partial charge in [-0.1, -0.05) is 0 Å². The predicted molar refractivity (Wildman–Crippen MR) is 39.7 cm³/mol. The number of hydrazine groups is 1. The zero-order valence-electron chi connectivity index (χ0n) is 6.77. The van der Waals surface area contributed by atoms with Crippen LogP contribution in [0.1, 0.15) is 6.92 Å². The Bertz CT molecular complexity index is 168. The van der Waals surface area contributed by atoms with Crippen molar-refractivity contribution in [2.75, 3.05) is 20.7 Å². The second kappa shape index (κ2) is 4.48. The molecule has 6 heteroatoms. The first-order valence-electron chi connectivity index (χ1n) is 3.11. The van der Waals surface area contributed by atoms with Crippen molar-refractivity contribution in [2.45, 2.75) is 6.92 Å². The van der Waals surface area contributed by atoms with E-state index in [0.29, 0.717) is 6.61 Å². The average Bonchev–Trinajstić information content (AvgIpc) is 1.98. The van der Waals surface area contributed by atoms with Crippen LogP contribution in [0.5, 0.6) is 0 Å². The van der Waals surface area contributed by atoms with Crippen LogP contribution in [0, 0.1) is 10.1 Å². The number of ether oxygens (including phenoxy) is 1. The molecule has 0 amide bonds. The molecule has 0 aliphatic rings. The number of rotatable bonds is 2. The number of hydrogen-bond donors (Lipinski definition) is 0. The molecular weight excluding hydrogens is 150 g/mol. The molecule has 0 radical (unpaired) electrons. The van der Waals surface area contributed by atoms with Crippen LogP contribution in [0.3, 0.4) is 0 Å². The molecule has 0 heterocycles. The minimum absolute atomic E-state index is 0.0116. The lowest BCUT2D eigenvalue weighted by Gasteiger charge is -2.09. The van der Waals surface area contributed by atoms with Crippen molar-refractivity contribution in [3.8, 4) is 0 Å². The summed E-state index contributed by atoms with van der Waals surface area (Å²) in [6.07, 6.45) is 0. The Balaban J connectivity index is 4.15. The summed E-state index contributed by atoms with van der Waals surface area (Å²) in [5.41, 5.74) is 0. The van der Waals surface area contributed by atoms with Gasteiger partial charge in [0.1, 0.15) is 0 Å². The van der Waals surface area contributed by atoms with Gasteiger partial charge in [0.2, 0.25) is 0 Å². The smallest absolute Gasteiger partial charge is 0.346 e. The predicted octanol–water partition coefficient (Wildman–Crippen LogP) is 0.132. The fraction of sp³-hybridized carbons (Fsp3) is 0.800. The number of aliphatic imine (C=N–C) groups is 1. The van der Waals surface area contributed by atoms with Gasteiger partial charge in [0, 0.05) is 7.05 Å². The van der Waals surface area contributed by atoms with Crippen molar-refractivity contribution < 1.29 is 9.77 Å². The van der Waals surface area contributed by atoms with Gasteiger partial charge in [-0.25, -0.2) is 15.1 Å². The summed E-state index contributed by atoms with van der Waals surface area (Å²) in [5, 5.41) is 10.3. The van der Waals surface area contributed by atoms with Crippen LogP contribution in [0.15, 0.2) is 4.99 Å². The third-order valence-corrected chi connectivity index (χ3v) is 0.987. The molecule has 0 spiro atoms. The molecule has 0 N–H and O–H groups in total. The fourth-order valence-electron chi connectivity index (χ4n) is 0.502. The Morgan fingerprint density at radius 1 is 1.82 bits per heavy atom. The first kappa shape index (κ1) is 9.67. The van der Waals surface area contributed by atoms with Gasteiger partial charge in [0.25, 0.3) is 0 Å². The lowest BCUT2D eigenvalue weighted by atomic mass is 10.8. The first-order chi connectivity index (χ1) is 5.13. The van der Waals surface area contributed by atoms with Crippen LogP contribution in [-0.2, 0) is 4.74 Å². The molecule has 0 aliphatic heterocycles. The van der Waals surface area contributed by atoms with Gasteiger partial charge in [-0.3, -0.25) is 0 Å². The molecule has 0 unspecified atom stereocenters. The molecule has 0 saturated heterocycles. The maximum absolute atomic E-state index is 10.1. The summed E-state index contributed by atoms with van der Waals surface area (Å²) < 4.78 is 4.85. The highest BCUT2D eigenvalue weighted by Gasteiger charge is 2.15. The fourth-order valence-corrected chi connectivity index (χ4v) is 0.502. The van der Waals surface area contributed by atoms with Gasteiger partial charge in [0.15, 0.2) is 5.03 Å². The summed E-state index contributed by atoms with van der Waals surface area (Å²) in [5.74, 6) is 0. The zero-order chi connectivity index (χ0) is 8.85. The van der Waals surface area contributed by atoms with Crippen LogP contribution in [0.25, 0.3) is 0 Å². The molecule has 0 aromatic rings. The monoisotopic (exact) mass is 161 g/mol. The van der Waals surface area contributed by atoms with Gasteiger partial charge < -0.3 is 4.74 Å². The third kappa shape index (κ3) is 2.83. The molecule has 64 valence electrons. The van der Waals surface area contributed by atoms with Crippen molar-refractivity contribution in [1.29, 1.82) is 0 Å². The Labute approximate surface area is 64.6 Å². The van der Waals surface area contributed by atoms with E-state index < -0.39 is 5.03 Å². The maximum Gasteiger partial charge on any atom is 0.346 e. The lowest BCUT2D eigenvalue weighted by molar-refractivity contribution is -0.625. The van der Waals surface area contributed by atoms with E-state index >= 15 is 0 Å². The SMILES string of the molecule is CCOC(=NC)N(C)[N+](=O)[O-]. The molecule has 0 aromatic carbocycles. The Morgan fingerprint density at radius 2 is 2.36 bits per heavy atom. The quantitative estimate of drug-likeness (QED) is 0.250. The van der Waals surface area contributed by atoms with E-state index in [4.69, 9.17) is 4.74 Å². The Hall–Kier alpha value is -1.33. The minimum Gasteiger partial charge on any atom is -0.462 e. The van der Waals surface area contributed by atoms with E-state index in [-0.39, 0.29) is 6.02 Å². The van der Waals surface area contributed by atoms with Crippen LogP contribution < -0.4 is 0 Å². The summed E-state index contributed by atoms with van der Waals surface area (Å²) in [6, 6.07) is 0.0116. The Morgan fingerprint density at radius 3 is 2.64 bits per heavy atom. The van der Waals surface area contributed by atoms with Gasteiger partial charge in [0.05, 0.1) is 13.7 Å². The molecule has 0 rings (SSSR count). The summed E-state index contributed by atoms with van der Waals surface area (Å²) >= 11 is 0. The van der Waals surface area contributed by atoms with Crippen LogP contribution in [-0.4, -0.2) is 36.8 Å². The maximum atomic E-state index is 10.1. The highest BCUT2D eigenvalue weighted by atomic mass is 16.7. The topological polar surface area (TPSA) is 68.0 Å². The molecule has 0 atom stereocenters. The van der Waals surface area contributed by atoms with E-state index in [1.54, 1.807) is 6.92 Å². The van der Waals surface area contributed by atoms with Crippen molar-refractivity contribution in [2.24, 2.45) is 4.99 Å². The summed E-state index contributed by atoms with van der Waals surface area (Å²) in [4.78, 5) is 13.7. The molecular formula is C5H11N3O3. The lowest BCUT2D eigenvalue weighted by Crippen LogP contribution is -2.34. The number of hydrogen-bond acceptors (Lipinski definition) is 4. The van der Waals surface area contributed by atoms with E-state index in [1.807, 2.05) is 0 Å². The molecule has 0 aliphatic carbocycles. The van der Waals surface area contributed by atoms with Gasteiger partial charge >= 0.3 is 6.02 Å². The van der Waals surface area contributed by atoms with Crippen LogP contribution >= 0.6 is 0 Å². The highest BCUT2D eigenvalue weighted by Crippen LogP contribution is 1.89. The van der Waals surface area contributed by atoms with Gasteiger partial charge in [-0.05, 0) is 11.9 Å². The van der Waals surface area contributed by atoms with Crippen LogP contribution in [0.4, 0.5) is 0 Å². The molecule has 0 bridgehead atoms. The standard InChI is InChI=1S/C5H11N3O3/c1-4-11-5(6-2)7(3)8(9)10/h4H2,1-3H3. The summed E-state index contributed by atoms with van der Waals surface area (Å²) in [6.45, 7) is 2.10. The second-order valence-corrected chi connectivity index (χ2v) is 1.70. The normalized spacial score (nSPS) is 11.0. The van der Waals surface area contributed by atoms with E-state index in [2.05, 4.69) is 4.99 Å². The van der Waals surface area contributed by atoms with Crippen molar-refractivity contribution in [3.05, 3.63) is 10.1 Å². The molecule has 0 saturated carbocycles. The third-order valence-electron chi connectivity index (χ3n) is 0.987. The largest absolute Gasteiger partial charge is 0.462 e. The second-order valence-electron chi connectivity index (χ2n) is 1.70. The zero-order valence-corrected chi connectivity index (χ0v) is 6.77. The first-order valence-corrected chi connectivity index (χ1v) is 3.11. The highest BCUT2D eigenvalue weighted by molar-refractivity contribution is 5.71. The number of nitrogens with zero attached hydrogens (tertiary/aromatic N) is 3. The number of nitro groups is 1. The van der Waals surface area contributed by atoms with Crippen molar-refractivity contribution >= 4 is 6.02 Å². The summed E-state index contributed by atoms with van der Waals surface area (Å²) in [7, 11) is 2.71. The van der Waals surface area contributed by atoms with Crippen molar-refractivity contribution in [1.82, 2.24) is 5.01 Å². The minimum atomic E-state index is -0.599. The van der Waals surface area contributed by atoms with E-state index in [0.717, 1.165) is 5.01 Å². The molecule has 6 nitrogen and oxygen atoms in total. The van der Waals surface area contributed by atoms with Gasteiger partial charge in [-0.15, -0.1) is 0 Å². The average molecular weight is 161 g/mol. The number of amidine groups is 1. The van der Waals surface area contributed by atoms with E-state index in [1.165, 1.54) is 14.1 Å². The molecule has 11 heavy (non-hydrogen) atoms. The van der Waals surface area contributed by atoms with E-state index in [9.17, 15) is 10.1 Å². The molecule has 0 aromatic heterocycles.